The molecule has 8 heteroatoms. The minimum absolute atomic E-state index is 0.0564. The summed E-state index contributed by atoms with van der Waals surface area (Å²) in [6.07, 6.45) is 2.07. The number of hydrogen-bond acceptors (Lipinski definition) is 6. The molecule has 0 fully saturated rings. The van der Waals surface area contributed by atoms with Crippen molar-refractivity contribution in [3.05, 3.63) is 43.8 Å². The monoisotopic (exact) mass is 418 g/mol. The van der Waals surface area contributed by atoms with Crippen LogP contribution < -0.4 is 10.9 Å². The van der Waals surface area contributed by atoms with Crippen LogP contribution >= 0.6 is 22.7 Å². The molecule has 0 saturated carbocycles. The zero-order valence-corrected chi connectivity index (χ0v) is 18.3. The van der Waals surface area contributed by atoms with E-state index in [4.69, 9.17) is 0 Å². The van der Waals surface area contributed by atoms with E-state index >= 15 is 0 Å². The summed E-state index contributed by atoms with van der Waals surface area (Å²) >= 11 is 3.32. The Bertz CT molecular complexity index is 808. The molecule has 2 amide bonds. The molecule has 2 aromatic heterocycles. The molecule has 150 valence electrons. The zero-order chi connectivity index (χ0) is 20.5. The maximum absolute atomic E-state index is 11.9. The van der Waals surface area contributed by atoms with Crippen molar-refractivity contribution in [2.75, 3.05) is 0 Å². The van der Waals surface area contributed by atoms with Gasteiger partial charge in [0.2, 0.25) is 11.8 Å². The van der Waals surface area contributed by atoms with Crippen LogP contribution in [-0.2, 0) is 22.4 Å². The van der Waals surface area contributed by atoms with Crippen molar-refractivity contribution in [1.29, 1.82) is 0 Å². The Hall–Kier alpha value is -2.32. The molecule has 6 nitrogen and oxygen atoms in total. The summed E-state index contributed by atoms with van der Waals surface area (Å²) in [5.41, 5.74) is 6.52. The minimum Gasteiger partial charge on any atom is -0.273 e. The number of carbonyl (C=O) groups excluding carboxylic acids is 2. The first-order chi connectivity index (χ1) is 13.4. The molecule has 0 aliphatic heterocycles. The molecule has 0 aromatic carbocycles. The van der Waals surface area contributed by atoms with E-state index in [9.17, 15) is 9.59 Å². The van der Waals surface area contributed by atoms with Crippen molar-refractivity contribution in [2.45, 2.75) is 53.4 Å². The van der Waals surface area contributed by atoms with E-state index < -0.39 is 0 Å². The van der Waals surface area contributed by atoms with Gasteiger partial charge in [-0.15, -0.1) is 22.7 Å². The van der Waals surface area contributed by atoms with Crippen molar-refractivity contribution < 1.29 is 9.59 Å². The fourth-order valence-corrected chi connectivity index (χ4v) is 4.05. The van der Waals surface area contributed by atoms with Gasteiger partial charge in [-0.3, -0.25) is 9.59 Å². The lowest BCUT2D eigenvalue weighted by Crippen LogP contribution is -2.24. The Labute approximate surface area is 173 Å². The molecule has 28 heavy (non-hydrogen) atoms. The summed E-state index contributed by atoms with van der Waals surface area (Å²) in [7, 11) is 0. The first kappa shape index (κ1) is 22.0. The fourth-order valence-electron chi connectivity index (χ4n) is 2.27. The lowest BCUT2D eigenvalue weighted by atomic mass is 10.3. The molecule has 0 radical (unpaired) electrons. The van der Waals surface area contributed by atoms with Crippen molar-refractivity contribution in [2.24, 2.45) is 10.2 Å². The topological polar surface area (TPSA) is 82.9 Å². The normalized spacial score (nSPS) is 12.1. The van der Waals surface area contributed by atoms with E-state index in [1.54, 1.807) is 22.7 Å². The highest BCUT2D eigenvalue weighted by Crippen LogP contribution is 2.18. The van der Waals surface area contributed by atoms with Gasteiger partial charge in [0.1, 0.15) is 0 Å². The van der Waals surface area contributed by atoms with Crippen LogP contribution in [-0.4, -0.2) is 23.2 Å². The molecule has 2 aromatic rings. The molecule has 0 unspecified atom stereocenters. The first-order valence-corrected chi connectivity index (χ1v) is 10.9. The van der Waals surface area contributed by atoms with Gasteiger partial charge in [-0.25, -0.2) is 10.9 Å². The van der Waals surface area contributed by atoms with Gasteiger partial charge in [-0.05, 0) is 51.0 Å². The summed E-state index contributed by atoms with van der Waals surface area (Å²) in [6, 6.07) is 8.12. The molecular formula is C20H26N4O2S2. The SMILES string of the molecule is CCc1ccc(C(C)=NNC(=O)CCC(=O)NN=C(C)c2ccc(CC)s2)s1. The van der Waals surface area contributed by atoms with E-state index in [-0.39, 0.29) is 24.7 Å². The van der Waals surface area contributed by atoms with E-state index in [0.29, 0.717) is 0 Å². The number of amides is 2. The van der Waals surface area contributed by atoms with Gasteiger partial charge in [0, 0.05) is 22.6 Å². The number of aryl methyl sites for hydroxylation is 2. The smallest absolute Gasteiger partial charge is 0.240 e. The molecule has 0 atom stereocenters. The number of rotatable bonds is 9. The molecule has 0 saturated heterocycles. The van der Waals surface area contributed by atoms with Crippen LogP contribution in [0.4, 0.5) is 0 Å². The number of hydrogen-bond donors (Lipinski definition) is 2. The van der Waals surface area contributed by atoms with Crippen LogP contribution in [0.2, 0.25) is 0 Å². The van der Waals surface area contributed by atoms with Crippen LogP contribution in [0.15, 0.2) is 34.5 Å². The Morgan fingerprint density at radius 2 is 1.18 bits per heavy atom. The molecule has 0 aliphatic rings. The van der Waals surface area contributed by atoms with Crippen LogP contribution in [0.3, 0.4) is 0 Å². The second-order valence-corrected chi connectivity index (χ2v) is 8.54. The Morgan fingerprint density at radius 3 is 1.50 bits per heavy atom. The number of carbonyl (C=O) groups is 2. The standard InChI is InChI=1S/C20H26N4O2S2/c1-5-15-7-9-17(27-15)13(3)21-23-19(25)11-12-20(26)24-22-14(4)18-10-8-16(6-2)28-18/h7-10H,5-6,11-12H2,1-4H3,(H,23,25)(H,24,26). The Morgan fingerprint density at radius 1 is 0.786 bits per heavy atom. The number of nitrogens with one attached hydrogen (secondary N) is 2. The molecule has 0 bridgehead atoms. The minimum atomic E-state index is -0.298. The molecule has 2 rings (SSSR count). The summed E-state index contributed by atoms with van der Waals surface area (Å²) < 4.78 is 0. The maximum atomic E-state index is 11.9. The van der Waals surface area contributed by atoms with E-state index in [1.165, 1.54) is 9.75 Å². The lowest BCUT2D eigenvalue weighted by molar-refractivity contribution is -0.126. The summed E-state index contributed by atoms with van der Waals surface area (Å²) in [5.74, 6) is -0.596. The predicted molar refractivity (Wildman–Crippen MR) is 117 cm³/mol. The highest BCUT2D eigenvalue weighted by atomic mass is 32.1. The van der Waals surface area contributed by atoms with Crippen molar-refractivity contribution in [3.8, 4) is 0 Å². The summed E-state index contributed by atoms with van der Waals surface area (Å²) in [5, 5.41) is 8.23. The first-order valence-electron chi connectivity index (χ1n) is 9.27. The predicted octanol–water partition coefficient (Wildman–Crippen LogP) is 4.10. The third-order valence-corrected chi connectivity index (χ3v) is 6.69. The van der Waals surface area contributed by atoms with Gasteiger partial charge in [0.25, 0.3) is 0 Å². The number of thiophene rings is 2. The van der Waals surface area contributed by atoms with Crippen molar-refractivity contribution >= 4 is 45.9 Å². The Kier molecular flexibility index (Phi) is 8.53. The third kappa shape index (κ3) is 6.69. The molecular weight excluding hydrogens is 392 g/mol. The fraction of sp³-hybridized carbons (Fsp3) is 0.400. The summed E-state index contributed by atoms with van der Waals surface area (Å²) in [4.78, 5) is 28.4. The van der Waals surface area contributed by atoms with Gasteiger partial charge in [0.05, 0.1) is 21.2 Å². The third-order valence-electron chi connectivity index (χ3n) is 4.01. The highest BCUT2D eigenvalue weighted by Gasteiger charge is 2.08. The second-order valence-electron chi connectivity index (χ2n) is 6.20. The number of hydrazone groups is 2. The van der Waals surface area contributed by atoms with Gasteiger partial charge >= 0.3 is 0 Å². The van der Waals surface area contributed by atoms with Crippen LogP contribution in [0, 0.1) is 0 Å². The quantitative estimate of drug-likeness (QED) is 0.475. The van der Waals surface area contributed by atoms with Crippen LogP contribution in [0.5, 0.6) is 0 Å². The van der Waals surface area contributed by atoms with Crippen LogP contribution in [0.1, 0.15) is 60.0 Å². The van der Waals surface area contributed by atoms with Crippen molar-refractivity contribution in [1.82, 2.24) is 10.9 Å². The molecule has 2 heterocycles. The average molecular weight is 419 g/mol. The molecule has 0 spiro atoms. The maximum Gasteiger partial charge on any atom is 0.240 e. The summed E-state index contributed by atoms with van der Waals surface area (Å²) in [6.45, 7) is 7.90. The second kappa shape index (κ2) is 10.9. The lowest BCUT2D eigenvalue weighted by Gasteiger charge is -2.02. The number of nitrogens with zero attached hydrogens (tertiary/aromatic N) is 2. The van der Waals surface area contributed by atoms with Gasteiger partial charge in [-0.1, -0.05) is 13.8 Å². The molecule has 2 N–H and O–H groups in total. The largest absolute Gasteiger partial charge is 0.273 e. The highest BCUT2D eigenvalue weighted by molar-refractivity contribution is 7.14. The van der Waals surface area contributed by atoms with Crippen LogP contribution in [0.25, 0.3) is 0 Å². The van der Waals surface area contributed by atoms with E-state index in [2.05, 4.69) is 47.0 Å². The molecule has 0 aliphatic carbocycles. The van der Waals surface area contributed by atoms with Gasteiger partial charge < -0.3 is 0 Å². The average Bonchev–Trinajstić information content (AvgIpc) is 3.37. The van der Waals surface area contributed by atoms with Gasteiger partial charge in [-0.2, -0.15) is 10.2 Å². The van der Waals surface area contributed by atoms with Gasteiger partial charge in [0.15, 0.2) is 0 Å². The van der Waals surface area contributed by atoms with E-state index in [0.717, 1.165) is 34.0 Å². The Balaban J connectivity index is 1.76. The van der Waals surface area contributed by atoms with E-state index in [1.807, 2.05) is 26.0 Å². The zero-order valence-electron chi connectivity index (χ0n) is 16.7. The van der Waals surface area contributed by atoms with Crippen molar-refractivity contribution in [3.63, 3.8) is 0 Å².